The summed E-state index contributed by atoms with van der Waals surface area (Å²) in [6.07, 6.45) is 5.00. The maximum absolute atomic E-state index is 12.6. The lowest BCUT2D eigenvalue weighted by molar-refractivity contribution is -0.0756. The van der Waals surface area contributed by atoms with Crippen molar-refractivity contribution in [2.75, 3.05) is 39.3 Å². The van der Waals surface area contributed by atoms with Gasteiger partial charge >= 0.3 is 6.03 Å². The van der Waals surface area contributed by atoms with Gasteiger partial charge in [0.25, 0.3) is 0 Å². The van der Waals surface area contributed by atoms with Crippen LogP contribution >= 0.6 is 0 Å². The Balaban J connectivity index is 1.67. The molecule has 1 N–H and O–H groups in total. The van der Waals surface area contributed by atoms with Gasteiger partial charge in [-0.15, -0.1) is 0 Å². The molecule has 0 aromatic carbocycles. The molecule has 3 aliphatic rings. The Morgan fingerprint density at radius 3 is 2.72 bits per heavy atom. The molecule has 2 aliphatic heterocycles. The van der Waals surface area contributed by atoms with Crippen LogP contribution < -0.4 is 5.32 Å². The highest BCUT2D eigenvalue weighted by Gasteiger charge is 2.38. The fourth-order valence-electron chi connectivity index (χ4n) is 3.37. The van der Waals surface area contributed by atoms with Crippen molar-refractivity contribution in [3.63, 3.8) is 0 Å². The molecule has 0 spiro atoms. The SMILES string of the molecule is O=C(N1CCNCC1)N1CCOC2CCCCC21. The van der Waals surface area contributed by atoms with Crippen molar-refractivity contribution in [1.29, 1.82) is 0 Å². The zero-order valence-electron chi connectivity index (χ0n) is 10.9. The van der Waals surface area contributed by atoms with E-state index in [2.05, 4.69) is 10.2 Å². The Bertz CT molecular complexity index is 303. The summed E-state index contributed by atoms with van der Waals surface area (Å²) in [5.74, 6) is 0. The van der Waals surface area contributed by atoms with E-state index in [1.807, 2.05) is 4.90 Å². The van der Waals surface area contributed by atoms with Gasteiger partial charge in [-0.1, -0.05) is 12.8 Å². The second kappa shape index (κ2) is 5.45. The molecule has 18 heavy (non-hydrogen) atoms. The summed E-state index contributed by atoms with van der Waals surface area (Å²) in [4.78, 5) is 16.7. The molecule has 102 valence electrons. The fourth-order valence-corrected chi connectivity index (χ4v) is 3.37. The molecule has 1 saturated carbocycles. The summed E-state index contributed by atoms with van der Waals surface area (Å²) in [5, 5.41) is 3.29. The number of hydrogen-bond donors (Lipinski definition) is 1. The van der Waals surface area contributed by atoms with Crippen molar-refractivity contribution in [3.8, 4) is 0 Å². The van der Waals surface area contributed by atoms with Crippen LogP contribution in [-0.2, 0) is 4.74 Å². The van der Waals surface area contributed by atoms with Gasteiger partial charge in [0.2, 0.25) is 0 Å². The monoisotopic (exact) mass is 253 g/mol. The summed E-state index contributed by atoms with van der Waals surface area (Å²) in [5.41, 5.74) is 0. The van der Waals surface area contributed by atoms with Crippen LogP contribution in [0.5, 0.6) is 0 Å². The van der Waals surface area contributed by atoms with Crippen LogP contribution in [0.25, 0.3) is 0 Å². The van der Waals surface area contributed by atoms with E-state index in [-0.39, 0.29) is 6.03 Å². The van der Waals surface area contributed by atoms with E-state index in [0.717, 1.165) is 45.6 Å². The summed E-state index contributed by atoms with van der Waals surface area (Å²) in [6, 6.07) is 0.562. The van der Waals surface area contributed by atoms with Crippen molar-refractivity contribution in [1.82, 2.24) is 15.1 Å². The van der Waals surface area contributed by atoms with Gasteiger partial charge in [-0.25, -0.2) is 4.79 Å². The molecule has 0 aromatic heterocycles. The zero-order chi connectivity index (χ0) is 12.4. The first-order valence-corrected chi connectivity index (χ1v) is 7.24. The Morgan fingerprint density at radius 2 is 1.89 bits per heavy atom. The molecule has 3 rings (SSSR count). The molecule has 0 bridgehead atoms. The Kier molecular flexibility index (Phi) is 3.70. The largest absolute Gasteiger partial charge is 0.374 e. The molecule has 5 nitrogen and oxygen atoms in total. The number of hydrogen-bond acceptors (Lipinski definition) is 3. The number of amides is 2. The topological polar surface area (TPSA) is 44.8 Å². The number of carbonyl (C=O) groups excluding carboxylic acids is 1. The number of morpholine rings is 1. The number of nitrogens with zero attached hydrogens (tertiary/aromatic N) is 2. The van der Waals surface area contributed by atoms with Gasteiger partial charge in [-0.05, 0) is 12.8 Å². The van der Waals surface area contributed by atoms with Crippen molar-refractivity contribution in [2.24, 2.45) is 0 Å². The minimum absolute atomic E-state index is 0.233. The van der Waals surface area contributed by atoms with Gasteiger partial charge in [-0.3, -0.25) is 0 Å². The highest BCUT2D eigenvalue weighted by Crippen LogP contribution is 2.29. The van der Waals surface area contributed by atoms with E-state index < -0.39 is 0 Å². The quantitative estimate of drug-likeness (QED) is 0.689. The minimum Gasteiger partial charge on any atom is -0.374 e. The molecular weight excluding hydrogens is 230 g/mol. The van der Waals surface area contributed by atoms with Crippen LogP contribution in [0, 0.1) is 0 Å². The summed E-state index contributed by atoms with van der Waals surface area (Å²) >= 11 is 0. The van der Waals surface area contributed by atoms with Crippen molar-refractivity contribution in [3.05, 3.63) is 0 Å². The lowest BCUT2D eigenvalue weighted by Crippen LogP contribution is -2.60. The third-order valence-corrected chi connectivity index (χ3v) is 4.37. The maximum Gasteiger partial charge on any atom is 0.320 e. The first-order valence-electron chi connectivity index (χ1n) is 7.24. The van der Waals surface area contributed by atoms with E-state index in [1.165, 1.54) is 12.8 Å². The van der Waals surface area contributed by atoms with E-state index in [9.17, 15) is 4.79 Å². The Labute approximate surface area is 108 Å². The number of ether oxygens (including phenoxy) is 1. The molecule has 0 aromatic rings. The van der Waals surface area contributed by atoms with Gasteiger partial charge in [0.15, 0.2) is 0 Å². The number of urea groups is 1. The molecule has 2 amide bonds. The maximum atomic E-state index is 12.6. The zero-order valence-corrected chi connectivity index (χ0v) is 10.9. The smallest absolute Gasteiger partial charge is 0.320 e. The number of nitrogens with one attached hydrogen (secondary N) is 1. The van der Waals surface area contributed by atoms with Gasteiger partial charge < -0.3 is 19.9 Å². The summed E-state index contributed by atoms with van der Waals surface area (Å²) in [7, 11) is 0. The van der Waals surface area contributed by atoms with Gasteiger partial charge in [0.05, 0.1) is 18.8 Å². The normalized spacial score (nSPS) is 33.1. The molecule has 5 heteroatoms. The van der Waals surface area contributed by atoms with E-state index >= 15 is 0 Å². The predicted molar refractivity (Wildman–Crippen MR) is 68.5 cm³/mol. The summed E-state index contributed by atoms with van der Waals surface area (Å²) in [6.45, 7) is 5.00. The molecule has 1 aliphatic carbocycles. The number of fused-ring (bicyclic) bond motifs is 1. The van der Waals surface area contributed by atoms with Gasteiger partial charge in [-0.2, -0.15) is 0 Å². The Hall–Kier alpha value is -0.810. The first-order chi connectivity index (χ1) is 8.86. The predicted octanol–water partition coefficient (Wildman–Crippen LogP) is 0.655. The van der Waals surface area contributed by atoms with Gasteiger partial charge in [0.1, 0.15) is 0 Å². The fraction of sp³-hybridized carbons (Fsp3) is 0.923. The average molecular weight is 253 g/mol. The molecule has 3 fully saturated rings. The minimum atomic E-state index is 0.233. The third kappa shape index (κ3) is 2.34. The van der Waals surface area contributed by atoms with E-state index in [1.54, 1.807) is 0 Å². The highest BCUT2D eigenvalue weighted by atomic mass is 16.5. The first kappa shape index (κ1) is 12.2. The molecule has 0 radical (unpaired) electrons. The standard InChI is InChI=1S/C13H23N3O2/c17-13(15-7-5-14-6-8-15)16-9-10-18-12-4-2-1-3-11(12)16/h11-12,14H,1-10H2. The van der Waals surface area contributed by atoms with Crippen LogP contribution in [0.1, 0.15) is 25.7 Å². The Morgan fingerprint density at radius 1 is 1.11 bits per heavy atom. The lowest BCUT2D eigenvalue weighted by Gasteiger charge is -2.45. The van der Waals surface area contributed by atoms with Gasteiger partial charge in [0, 0.05) is 32.7 Å². The van der Waals surface area contributed by atoms with Crippen LogP contribution in [-0.4, -0.2) is 67.3 Å². The van der Waals surface area contributed by atoms with Crippen LogP contribution in [0.3, 0.4) is 0 Å². The molecule has 2 unspecified atom stereocenters. The number of piperazine rings is 1. The van der Waals surface area contributed by atoms with Crippen molar-refractivity contribution < 1.29 is 9.53 Å². The second-order valence-corrected chi connectivity index (χ2v) is 5.47. The highest BCUT2D eigenvalue weighted by molar-refractivity contribution is 5.75. The summed E-state index contributed by atoms with van der Waals surface area (Å²) < 4.78 is 5.82. The van der Waals surface area contributed by atoms with E-state index in [4.69, 9.17) is 4.74 Å². The van der Waals surface area contributed by atoms with Crippen molar-refractivity contribution >= 4 is 6.03 Å². The molecule has 2 saturated heterocycles. The average Bonchev–Trinajstić information content (AvgIpc) is 2.47. The third-order valence-electron chi connectivity index (χ3n) is 4.37. The number of carbonyl (C=O) groups is 1. The van der Waals surface area contributed by atoms with Crippen LogP contribution in [0.2, 0.25) is 0 Å². The molecular formula is C13H23N3O2. The lowest BCUT2D eigenvalue weighted by atomic mass is 9.90. The molecule has 2 atom stereocenters. The van der Waals surface area contributed by atoms with E-state index in [0.29, 0.717) is 18.8 Å². The van der Waals surface area contributed by atoms with Crippen molar-refractivity contribution in [2.45, 2.75) is 37.8 Å². The number of rotatable bonds is 0. The van der Waals surface area contributed by atoms with Crippen LogP contribution in [0.15, 0.2) is 0 Å². The van der Waals surface area contributed by atoms with Crippen LogP contribution in [0.4, 0.5) is 4.79 Å². The second-order valence-electron chi connectivity index (χ2n) is 5.47. The molecule has 2 heterocycles.